The molecular weight excluding hydrogens is 425 g/mol. The SMILES string of the molecule is Cc1nc(N[C@H]2C[C@H](Nc3nccc(C(F)(F)F)n3)C2)nc2c1NC(=O)[C@H](C(C)C)N2C. The van der Waals surface area contributed by atoms with Crippen molar-refractivity contribution in [3.05, 3.63) is 23.7 Å². The third-order valence-electron chi connectivity index (χ3n) is 5.72. The average molecular weight is 450 g/mol. The van der Waals surface area contributed by atoms with Gasteiger partial charge < -0.3 is 20.9 Å². The fourth-order valence-corrected chi connectivity index (χ4v) is 4.08. The average Bonchev–Trinajstić information content (AvgIpc) is 2.66. The molecule has 2 aliphatic rings. The Morgan fingerprint density at radius 3 is 2.41 bits per heavy atom. The van der Waals surface area contributed by atoms with Gasteiger partial charge in [0.05, 0.1) is 5.69 Å². The van der Waals surface area contributed by atoms with Gasteiger partial charge in [-0.1, -0.05) is 13.8 Å². The molecule has 0 radical (unpaired) electrons. The van der Waals surface area contributed by atoms with E-state index in [2.05, 4.69) is 35.9 Å². The summed E-state index contributed by atoms with van der Waals surface area (Å²) in [5.41, 5.74) is 0.291. The monoisotopic (exact) mass is 450 g/mol. The van der Waals surface area contributed by atoms with E-state index in [0.717, 1.165) is 12.3 Å². The van der Waals surface area contributed by atoms with Crippen LogP contribution in [0.5, 0.6) is 0 Å². The van der Waals surface area contributed by atoms with Gasteiger partial charge in [0.15, 0.2) is 5.82 Å². The Labute approximate surface area is 183 Å². The normalized spacial score (nSPS) is 22.8. The molecule has 172 valence electrons. The molecule has 3 heterocycles. The van der Waals surface area contributed by atoms with E-state index in [1.165, 1.54) is 0 Å². The number of carbonyl (C=O) groups excluding carboxylic acids is 1. The second kappa shape index (κ2) is 8.06. The van der Waals surface area contributed by atoms with Gasteiger partial charge in [0, 0.05) is 25.3 Å². The number of alkyl halides is 3. The number of aryl methyl sites for hydroxylation is 1. The zero-order valence-electron chi connectivity index (χ0n) is 18.2. The predicted molar refractivity (Wildman–Crippen MR) is 114 cm³/mol. The third-order valence-corrected chi connectivity index (χ3v) is 5.72. The van der Waals surface area contributed by atoms with Crippen molar-refractivity contribution in [1.29, 1.82) is 0 Å². The molecule has 32 heavy (non-hydrogen) atoms. The predicted octanol–water partition coefficient (Wildman–Crippen LogP) is 3.06. The van der Waals surface area contributed by atoms with Gasteiger partial charge in [-0.2, -0.15) is 18.2 Å². The minimum absolute atomic E-state index is 0.0405. The van der Waals surface area contributed by atoms with E-state index in [1.807, 2.05) is 32.7 Å². The molecule has 0 aromatic carbocycles. The Bertz CT molecular complexity index is 1020. The van der Waals surface area contributed by atoms with Gasteiger partial charge in [0.1, 0.15) is 17.4 Å². The van der Waals surface area contributed by atoms with Gasteiger partial charge in [0.25, 0.3) is 0 Å². The number of amides is 1. The van der Waals surface area contributed by atoms with E-state index >= 15 is 0 Å². The molecule has 12 heteroatoms. The van der Waals surface area contributed by atoms with E-state index in [9.17, 15) is 18.0 Å². The molecule has 1 atom stereocenters. The molecule has 1 fully saturated rings. The van der Waals surface area contributed by atoms with Crippen LogP contribution in [0.1, 0.15) is 38.1 Å². The molecule has 4 rings (SSSR count). The number of halogens is 3. The van der Waals surface area contributed by atoms with Gasteiger partial charge in [-0.15, -0.1) is 0 Å². The molecule has 2 aromatic heterocycles. The van der Waals surface area contributed by atoms with E-state index in [-0.39, 0.29) is 35.9 Å². The van der Waals surface area contributed by atoms with Crippen LogP contribution in [0.25, 0.3) is 0 Å². The third kappa shape index (κ3) is 4.26. The maximum absolute atomic E-state index is 12.8. The minimum atomic E-state index is -4.51. The molecule has 2 aromatic rings. The van der Waals surface area contributed by atoms with Gasteiger partial charge in [-0.25, -0.2) is 15.0 Å². The molecule has 0 saturated heterocycles. The molecule has 1 aliphatic carbocycles. The van der Waals surface area contributed by atoms with Crippen molar-refractivity contribution in [2.45, 2.75) is 57.9 Å². The molecule has 0 spiro atoms. The van der Waals surface area contributed by atoms with Gasteiger partial charge in [-0.3, -0.25) is 4.79 Å². The number of hydrogen-bond donors (Lipinski definition) is 3. The van der Waals surface area contributed by atoms with Crippen molar-refractivity contribution < 1.29 is 18.0 Å². The summed E-state index contributed by atoms with van der Waals surface area (Å²) < 4.78 is 38.4. The van der Waals surface area contributed by atoms with Crippen molar-refractivity contribution in [2.75, 3.05) is 27.9 Å². The molecule has 9 nitrogen and oxygen atoms in total. The summed E-state index contributed by atoms with van der Waals surface area (Å²) in [4.78, 5) is 30.8. The van der Waals surface area contributed by atoms with Gasteiger partial charge >= 0.3 is 6.18 Å². The lowest BCUT2D eigenvalue weighted by Crippen LogP contribution is -2.50. The van der Waals surface area contributed by atoms with Crippen molar-refractivity contribution in [3.63, 3.8) is 0 Å². The Balaban J connectivity index is 1.40. The highest BCUT2D eigenvalue weighted by atomic mass is 19.4. The van der Waals surface area contributed by atoms with Crippen LogP contribution in [0.4, 0.5) is 36.6 Å². The lowest BCUT2D eigenvalue weighted by Gasteiger charge is -2.38. The van der Waals surface area contributed by atoms with Crippen LogP contribution in [0.2, 0.25) is 0 Å². The van der Waals surface area contributed by atoms with Crippen molar-refractivity contribution in [1.82, 2.24) is 19.9 Å². The lowest BCUT2D eigenvalue weighted by atomic mass is 9.87. The number of nitrogens with zero attached hydrogens (tertiary/aromatic N) is 5. The van der Waals surface area contributed by atoms with E-state index in [0.29, 0.717) is 36.0 Å². The minimum Gasteiger partial charge on any atom is -0.351 e. The maximum atomic E-state index is 12.8. The quantitative estimate of drug-likeness (QED) is 0.638. The second-order valence-corrected chi connectivity index (χ2v) is 8.54. The molecule has 3 N–H and O–H groups in total. The Kier molecular flexibility index (Phi) is 5.55. The van der Waals surface area contributed by atoms with E-state index in [1.54, 1.807) is 0 Å². The van der Waals surface area contributed by atoms with Crippen molar-refractivity contribution in [2.24, 2.45) is 5.92 Å². The first-order chi connectivity index (χ1) is 15.0. The summed E-state index contributed by atoms with van der Waals surface area (Å²) in [5, 5.41) is 9.12. The lowest BCUT2D eigenvalue weighted by molar-refractivity contribution is -0.141. The summed E-state index contributed by atoms with van der Waals surface area (Å²) in [6, 6.07) is 0.520. The molecular formula is C20H25F3N8O. The van der Waals surface area contributed by atoms with Crippen LogP contribution in [-0.4, -0.2) is 51.0 Å². The second-order valence-electron chi connectivity index (χ2n) is 8.54. The van der Waals surface area contributed by atoms with Crippen LogP contribution in [0, 0.1) is 12.8 Å². The topological polar surface area (TPSA) is 108 Å². The number of likely N-dealkylation sites (N-methyl/N-ethyl adjacent to an activating group) is 1. The number of fused-ring (bicyclic) bond motifs is 1. The Morgan fingerprint density at radius 2 is 1.78 bits per heavy atom. The Morgan fingerprint density at radius 1 is 1.12 bits per heavy atom. The fourth-order valence-electron chi connectivity index (χ4n) is 4.08. The first-order valence-corrected chi connectivity index (χ1v) is 10.4. The van der Waals surface area contributed by atoms with E-state index < -0.39 is 11.9 Å². The highest BCUT2D eigenvalue weighted by Crippen LogP contribution is 2.35. The molecule has 1 amide bonds. The highest BCUT2D eigenvalue weighted by molar-refractivity contribution is 6.03. The summed E-state index contributed by atoms with van der Waals surface area (Å²) in [5.74, 6) is 1.10. The maximum Gasteiger partial charge on any atom is 0.433 e. The largest absolute Gasteiger partial charge is 0.433 e. The molecule has 0 unspecified atom stereocenters. The number of hydrogen-bond acceptors (Lipinski definition) is 8. The number of anilines is 4. The van der Waals surface area contributed by atoms with Gasteiger partial charge in [-0.05, 0) is 31.7 Å². The van der Waals surface area contributed by atoms with Crippen LogP contribution in [0.3, 0.4) is 0 Å². The van der Waals surface area contributed by atoms with Crippen LogP contribution in [-0.2, 0) is 11.0 Å². The van der Waals surface area contributed by atoms with Gasteiger partial charge in [0.2, 0.25) is 17.8 Å². The van der Waals surface area contributed by atoms with Crippen molar-refractivity contribution >= 4 is 29.3 Å². The zero-order chi connectivity index (χ0) is 23.2. The summed E-state index contributed by atoms with van der Waals surface area (Å²) in [6.07, 6.45) is -2.11. The van der Waals surface area contributed by atoms with Crippen LogP contribution >= 0.6 is 0 Å². The van der Waals surface area contributed by atoms with Crippen LogP contribution < -0.4 is 20.9 Å². The summed E-state index contributed by atoms with van der Waals surface area (Å²) in [6.45, 7) is 5.77. The summed E-state index contributed by atoms with van der Waals surface area (Å²) in [7, 11) is 1.84. The number of carbonyl (C=O) groups is 1. The fraction of sp³-hybridized carbons (Fsp3) is 0.550. The molecule has 1 aliphatic heterocycles. The number of nitrogens with one attached hydrogen (secondary N) is 3. The Hall–Kier alpha value is -3.18. The number of aromatic nitrogens is 4. The van der Waals surface area contributed by atoms with Crippen molar-refractivity contribution in [3.8, 4) is 0 Å². The standard InChI is InChI=1S/C20H25F3N8O/c1-9(2)15-17(32)29-14-10(3)25-19(30-16(14)31(15)4)27-12-7-11(8-12)26-18-24-6-5-13(28-18)20(21,22)23/h5-6,9,11-12,15H,7-8H2,1-4H3,(H,29,32)(H,24,26,28)(H,25,27,30)/t11-,12-,15-/m0/s1. The summed E-state index contributed by atoms with van der Waals surface area (Å²) >= 11 is 0. The molecule has 1 saturated carbocycles. The smallest absolute Gasteiger partial charge is 0.351 e. The highest BCUT2D eigenvalue weighted by Gasteiger charge is 2.37. The zero-order valence-corrected chi connectivity index (χ0v) is 18.2. The first-order valence-electron chi connectivity index (χ1n) is 10.4. The molecule has 0 bridgehead atoms. The first kappa shape index (κ1) is 22.0. The van der Waals surface area contributed by atoms with E-state index in [4.69, 9.17) is 0 Å². The van der Waals surface area contributed by atoms with Crippen LogP contribution in [0.15, 0.2) is 12.3 Å². The number of rotatable bonds is 5.